The molecule has 2 aliphatic heterocycles. The van der Waals surface area contributed by atoms with Gasteiger partial charge in [-0.2, -0.15) is 33.3 Å². The van der Waals surface area contributed by atoms with Crippen molar-refractivity contribution in [1.29, 1.82) is 5.26 Å². The fraction of sp³-hybridized carbons (Fsp3) is 0.333. The number of anilines is 1. The average molecular weight is 588 g/mol. The Bertz CT molecular complexity index is 1510. The lowest BCUT2D eigenvalue weighted by atomic mass is 10.1. The van der Waals surface area contributed by atoms with E-state index >= 15 is 0 Å². The van der Waals surface area contributed by atoms with Gasteiger partial charge >= 0.3 is 6.18 Å². The summed E-state index contributed by atoms with van der Waals surface area (Å²) < 4.78 is 52.3. The Morgan fingerprint density at radius 2 is 2.02 bits per heavy atom. The molecule has 1 saturated heterocycles. The van der Waals surface area contributed by atoms with E-state index in [1.807, 2.05) is 30.3 Å². The number of hydrazone groups is 1. The summed E-state index contributed by atoms with van der Waals surface area (Å²) in [6.07, 6.45) is -0.816. The highest BCUT2D eigenvalue weighted by molar-refractivity contribution is 8.38. The predicted molar refractivity (Wildman–Crippen MR) is 147 cm³/mol. The van der Waals surface area contributed by atoms with Crippen molar-refractivity contribution < 1.29 is 22.6 Å². The van der Waals surface area contributed by atoms with E-state index in [1.165, 1.54) is 34.3 Å². The Kier molecular flexibility index (Phi) is 8.39. The number of halogens is 3. The first-order valence-electron chi connectivity index (χ1n) is 12.4. The molecule has 40 heavy (non-hydrogen) atoms. The number of hydrogen-bond acceptors (Lipinski definition) is 9. The summed E-state index contributed by atoms with van der Waals surface area (Å²) in [5, 5.41) is 20.3. The van der Waals surface area contributed by atoms with Gasteiger partial charge in [-0.3, -0.25) is 9.80 Å². The molecule has 1 fully saturated rings. The van der Waals surface area contributed by atoms with Crippen molar-refractivity contribution in [3.8, 4) is 11.8 Å². The molecule has 13 heteroatoms. The highest BCUT2D eigenvalue weighted by Crippen LogP contribution is 2.39. The first-order chi connectivity index (χ1) is 19.3. The number of nitrogens with zero attached hydrogens (tertiary/aromatic N) is 5. The number of hydrogen-bond donors (Lipinski definition) is 0. The van der Waals surface area contributed by atoms with Gasteiger partial charge in [-0.05, 0) is 54.7 Å². The van der Waals surface area contributed by atoms with Crippen LogP contribution in [0.2, 0.25) is 0 Å². The molecular formula is C27H24F3N5O3S2. The number of fused-ring (bicyclic) bond motifs is 1. The summed E-state index contributed by atoms with van der Waals surface area (Å²) in [4.78, 5) is 14.0. The van der Waals surface area contributed by atoms with Crippen LogP contribution in [0.15, 0.2) is 63.5 Å². The van der Waals surface area contributed by atoms with Gasteiger partial charge in [0.05, 0.1) is 42.7 Å². The number of benzene rings is 2. The molecule has 0 bridgehead atoms. The molecule has 2 aliphatic rings. The molecule has 3 heterocycles. The van der Waals surface area contributed by atoms with Crippen molar-refractivity contribution in [3.63, 3.8) is 0 Å². The average Bonchev–Trinajstić information content (AvgIpc) is 2.97. The molecule has 1 aromatic heterocycles. The second kappa shape index (κ2) is 12.0. The lowest BCUT2D eigenvalue weighted by Gasteiger charge is -2.29. The first-order valence-corrected chi connectivity index (χ1v) is 14.2. The minimum atomic E-state index is -4.54. The zero-order valence-electron chi connectivity index (χ0n) is 21.3. The SMILES string of the molecule is COc1ccc(CN2N=C(SCc3ccc(C(F)(F)F)cc3C#N)Sc3c2cnn(C2CCCCO2)c3=O)cc1. The van der Waals surface area contributed by atoms with E-state index in [1.54, 1.807) is 18.3 Å². The number of rotatable bonds is 6. The van der Waals surface area contributed by atoms with Crippen LogP contribution in [0.1, 0.15) is 47.7 Å². The second-order valence-corrected chi connectivity index (χ2v) is 11.3. The minimum absolute atomic E-state index is 0.0553. The smallest absolute Gasteiger partial charge is 0.416 e. The van der Waals surface area contributed by atoms with Gasteiger partial charge < -0.3 is 9.47 Å². The fourth-order valence-corrected chi connectivity index (χ4v) is 6.42. The number of thioether (sulfide) groups is 2. The number of methoxy groups -OCH3 is 1. The van der Waals surface area contributed by atoms with Gasteiger partial charge in [0.25, 0.3) is 5.56 Å². The number of alkyl halides is 3. The van der Waals surface area contributed by atoms with Crippen LogP contribution in [0.5, 0.6) is 5.75 Å². The van der Waals surface area contributed by atoms with E-state index in [9.17, 15) is 23.2 Å². The van der Waals surface area contributed by atoms with E-state index in [2.05, 4.69) is 5.10 Å². The van der Waals surface area contributed by atoms with Crippen molar-refractivity contribution in [2.24, 2.45) is 5.10 Å². The zero-order valence-corrected chi connectivity index (χ0v) is 23.0. The molecule has 0 N–H and O–H groups in total. The molecule has 8 nitrogen and oxygen atoms in total. The van der Waals surface area contributed by atoms with Gasteiger partial charge in [-0.15, -0.1) is 0 Å². The van der Waals surface area contributed by atoms with Crippen LogP contribution in [0.3, 0.4) is 0 Å². The largest absolute Gasteiger partial charge is 0.497 e. The Balaban J connectivity index is 1.45. The molecule has 0 aliphatic carbocycles. The maximum Gasteiger partial charge on any atom is 0.416 e. The molecular weight excluding hydrogens is 563 g/mol. The number of nitriles is 1. The molecule has 0 amide bonds. The Morgan fingerprint density at radius 1 is 1.23 bits per heavy atom. The molecule has 0 saturated carbocycles. The Labute approximate surface area is 236 Å². The fourth-order valence-electron chi connectivity index (χ4n) is 4.31. The molecule has 1 unspecified atom stereocenters. The molecule has 0 spiro atoms. The first kappa shape index (κ1) is 28.1. The van der Waals surface area contributed by atoms with Crippen LogP contribution in [0.25, 0.3) is 0 Å². The third-order valence-corrected chi connectivity index (χ3v) is 8.67. The van der Waals surface area contributed by atoms with Gasteiger partial charge in [0.2, 0.25) is 0 Å². The molecule has 5 rings (SSSR count). The maximum absolute atomic E-state index is 13.6. The predicted octanol–water partition coefficient (Wildman–Crippen LogP) is 6.16. The van der Waals surface area contributed by atoms with Crippen LogP contribution in [0, 0.1) is 11.3 Å². The Hall–Kier alpha value is -3.47. The summed E-state index contributed by atoms with van der Waals surface area (Å²) in [6.45, 7) is 0.903. The normalized spacial score (nSPS) is 17.1. The molecule has 3 aromatic rings. The van der Waals surface area contributed by atoms with E-state index in [0.29, 0.717) is 45.8 Å². The molecule has 1 atom stereocenters. The van der Waals surface area contributed by atoms with E-state index in [4.69, 9.17) is 14.6 Å². The van der Waals surface area contributed by atoms with Crippen molar-refractivity contribution >= 4 is 33.6 Å². The standard InChI is InChI=1S/C27H24F3N5O3S2/c1-37-21-9-5-17(6-10-21)15-34-22-14-32-35(23-4-2-3-11-38-23)25(36)24(22)40-26(33-34)39-16-18-7-8-20(27(28,29)30)12-19(18)13-31/h5-10,12,14,23H,2-4,11,15-16H2,1H3. The van der Waals surface area contributed by atoms with Gasteiger partial charge in [-0.1, -0.05) is 41.7 Å². The van der Waals surface area contributed by atoms with Gasteiger partial charge in [0.1, 0.15) is 10.6 Å². The van der Waals surface area contributed by atoms with Crippen molar-refractivity contribution in [2.75, 3.05) is 18.7 Å². The molecule has 2 aromatic carbocycles. The Morgan fingerprint density at radius 3 is 2.70 bits per heavy atom. The highest BCUT2D eigenvalue weighted by atomic mass is 32.2. The summed E-state index contributed by atoms with van der Waals surface area (Å²) in [7, 11) is 1.59. The lowest BCUT2D eigenvalue weighted by molar-refractivity contribution is -0.137. The van der Waals surface area contributed by atoms with E-state index in [0.717, 1.165) is 30.5 Å². The highest BCUT2D eigenvalue weighted by Gasteiger charge is 2.31. The second-order valence-electron chi connectivity index (χ2n) is 9.07. The number of aromatic nitrogens is 2. The van der Waals surface area contributed by atoms with Crippen LogP contribution in [-0.4, -0.2) is 27.9 Å². The third-order valence-electron chi connectivity index (χ3n) is 6.44. The topological polar surface area (TPSA) is 92.7 Å². The van der Waals surface area contributed by atoms with Crippen LogP contribution in [0.4, 0.5) is 18.9 Å². The summed E-state index contributed by atoms with van der Waals surface area (Å²) >= 11 is 2.43. The van der Waals surface area contributed by atoms with Crippen LogP contribution in [-0.2, 0) is 23.2 Å². The van der Waals surface area contributed by atoms with Gasteiger partial charge in [0, 0.05) is 12.4 Å². The lowest BCUT2D eigenvalue weighted by Crippen LogP contribution is -2.34. The summed E-state index contributed by atoms with van der Waals surface area (Å²) in [6, 6.07) is 12.4. The summed E-state index contributed by atoms with van der Waals surface area (Å²) in [5.41, 5.74) is 0.684. The minimum Gasteiger partial charge on any atom is -0.497 e. The van der Waals surface area contributed by atoms with Crippen molar-refractivity contribution in [1.82, 2.24) is 9.78 Å². The van der Waals surface area contributed by atoms with E-state index < -0.39 is 18.0 Å². The number of ether oxygens (including phenoxy) is 2. The quantitative estimate of drug-likeness (QED) is 0.339. The van der Waals surface area contributed by atoms with Crippen molar-refractivity contribution in [3.05, 3.63) is 81.3 Å². The van der Waals surface area contributed by atoms with Gasteiger partial charge in [0.15, 0.2) is 10.6 Å². The van der Waals surface area contributed by atoms with E-state index in [-0.39, 0.29) is 16.9 Å². The van der Waals surface area contributed by atoms with Crippen LogP contribution >= 0.6 is 23.5 Å². The maximum atomic E-state index is 13.6. The monoisotopic (exact) mass is 587 g/mol. The zero-order chi connectivity index (χ0) is 28.3. The molecule has 0 radical (unpaired) electrons. The summed E-state index contributed by atoms with van der Waals surface area (Å²) in [5.74, 6) is 0.906. The van der Waals surface area contributed by atoms with Crippen molar-refractivity contribution in [2.45, 2.75) is 48.9 Å². The van der Waals surface area contributed by atoms with Crippen LogP contribution < -0.4 is 15.3 Å². The molecule has 208 valence electrons. The third kappa shape index (κ3) is 6.14. The van der Waals surface area contributed by atoms with Gasteiger partial charge in [-0.25, -0.2) is 0 Å².